The quantitative estimate of drug-likeness (QED) is 0.138. The molecule has 0 saturated carbocycles. The molecule has 2 aliphatic heterocycles. The Labute approximate surface area is 336 Å². The number of amides is 1. The van der Waals surface area contributed by atoms with Crippen LogP contribution in [0.1, 0.15) is 27.7 Å². The first-order valence-electron chi connectivity index (χ1n) is 18.9. The van der Waals surface area contributed by atoms with Crippen molar-refractivity contribution in [2.75, 3.05) is 73.5 Å². The Kier molecular flexibility index (Phi) is 13.5. The van der Waals surface area contributed by atoms with E-state index >= 15 is 0 Å². The standard InChI is InChI=1S/C23H26N4O3.C18H18N4O2.C2H4O2/c1-23(2,3)22(28)25-16-5-4-6-17(13-16)30-18-7-8-19-20(14-18)26-21(15-24-19)27-9-11-29-12-10-27;19-13-2-1-3-14(10-13)24-15-4-5-16-17(11-15)21-18(12-20-16)22-6-8-23-9-7-22;1-2(3)4/h4-8,13-15H,9-12H2,1-3H3,(H,25,28);1-5,10-12H,6-9,19H2;1H3,(H,3,4). The van der Waals surface area contributed by atoms with E-state index in [1.165, 1.54) is 0 Å². The number of nitrogens with zero attached hydrogens (tertiary/aromatic N) is 6. The van der Waals surface area contributed by atoms with Gasteiger partial charge in [0.1, 0.15) is 34.6 Å². The maximum atomic E-state index is 12.2. The fraction of sp³-hybridized carbons (Fsp3) is 0.302. The third-order valence-corrected chi connectivity index (χ3v) is 8.77. The summed E-state index contributed by atoms with van der Waals surface area (Å²) in [5.74, 6) is 3.54. The number of carbonyl (C=O) groups excluding carboxylic acids is 1. The van der Waals surface area contributed by atoms with Crippen molar-refractivity contribution in [2.24, 2.45) is 5.41 Å². The van der Waals surface area contributed by atoms with Gasteiger partial charge >= 0.3 is 0 Å². The molecule has 0 bridgehead atoms. The molecule has 0 atom stereocenters. The summed E-state index contributed by atoms with van der Waals surface area (Å²) in [5.41, 5.74) is 9.92. The Bertz CT molecular complexity index is 2340. The smallest absolute Gasteiger partial charge is 0.300 e. The summed E-state index contributed by atoms with van der Waals surface area (Å²) in [6, 6.07) is 26.0. The van der Waals surface area contributed by atoms with Crippen LogP contribution in [0.3, 0.4) is 0 Å². The fourth-order valence-electron chi connectivity index (χ4n) is 5.79. The third kappa shape index (κ3) is 11.7. The number of aliphatic carboxylic acids is 1. The van der Waals surface area contributed by atoms with Gasteiger partial charge in [-0.05, 0) is 48.5 Å². The van der Waals surface area contributed by atoms with Gasteiger partial charge in [0.2, 0.25) is 5.91 Å². The van der Waals surface area contributed by atoms with Gasteiger partial charge in [-0.3, -0.25) is 19.6 Å². The van der Waals surface area contributed by atoms with Crippen LogP contribution in [0.5, 0.6) is 23.0 Å². The lowest BCUT2D eigenvalue weighted by atomic mass is 9.95. The molecule has 0 spiro atoms. The Hall–Kier alpha value is -6.58. The van der Waals surface area contributed by atoms with E-state index in [0.29, 0.717) is 47.6 Å². The summed E-state index contributed by atoms with van der Waals surface area (Å²) in [6.07, 6.45) is 3.61. The first kappa shape index (κ1) is 41.1. The number of benzene rings is 4. The second-order valence-electron chi connectivity index (χ2n) is 14.5. The van der Waals surface area contributed by atoms with Gasteiger partial charge in [0.25, 0.3) is 5.97 Å². The van der Waals surface area contributed by atoms with Gasteiger partial charge in [-0.2, -0.15) is 0 Å². The number of carbonyl (C=O) groups is 2. The molecule has 2 aliphatic rings. The van der Waals surface area contributed by atoms with Gasteiger partial charge in [0.05, 0.1) is 60.9 Å². The molecule has 6 aromatic rings. The lowest BCUT2D eigenvalue weighted by Crippen LogP contribution is -2.36. The van der Waals surface area contributed by atoms with Crippen molar-refractivity contribution in [1.29, 1.82) is 0 Å². The van der Waals surface area contributed by atoms with Crippen LogP contribution in [0.4, 0.5) is 23.0 Å². The number of nitrogen functional groups attached to an aromatic ring is 1. The first-order valence-corrected chi connectivity index (χ1v) is 18.9. The summed E-state index contributed by atoms with van der Waals surface area (Å²) in [4.78, 5) is 44.1. The first-order chi connectivity index (χ1) is 27.9. The number of aromatic nitrogens is 4. The minimum atomic E-state index is -0.833. The molecule has 2 aromatic heterocycles. The van der Waals surface area contributed by atoms with Crippen LogP contribution in [0.25, 0.3) is 22.1 Å². The number of nitrogens with two attached hydrogens (primary N) is 1. The number of rotatable bonds is 7. The molecule has 58 heavy (non-hydrogen) atoms. The summed E-state index contributed by atoms with van der Waals surface area (Å²) < 4.78 is 22.7. The molecular formula is C43H48N8O7. The van der Waals surface area contributed by atoms with Crippen molar-refractivity contribution in [1.82, 2.24) is 19.9 Å². The van der Waals surface area contributed by atoms with Crippen LogP contribution in [0.2, 0.25) is 0 Å². The number of carboxylic acid groups (broad SMARTS) is 1. The number of fused-ring (bicyclic) bond motifs is 2. The molecule has 1 amide bonds. The number of ether oxygens (including phenoxy) is 4. The van der Waals surface area contributed by atoms with Crippen molar-refractivity contribution in [3.8, 4) is 23.0 Å². The van der Waals surface area contributed by atoms with E-state index < -0.39 is 11.4 Å². The number of hydrogen-bond acceptors (Lipinski definition) is 13. The highest BCUT2D eigenvalue weighted by molar-refractivity contribution is 5.94. The van der Waals surface area contributed by atoms with E-state index in [4.69, 9.17) is 44.6 Å². The number of morpholine rings is 2. The summed E-state index contributed by atoms with van der Waals surface area (Å²) in [6.45, 7) is 12.8. The Balaban J connectivity index is 0.000000183. The topological polar surface area (TPSA) is 187 Å². The molecule has 0 unspecified atom stereocenters. The van der Waals surface area contributed by atoms with Crippen LogP contribution in [-0.2, 0) is 19.1 Å². The Morgan fingerprint density at radius 1 is 0.672 bits per heavy atom. The summed E-state index contributed by atoms with van der Waals surface area (Å²) in [7, 11) is 0. The molecule has 15 heteroatoms. The van der Waals surface area contributed by atoms with E-state index in [0.717, 1.165) is 80.0 Å². The zero-order chi connectivity index (χ0) is 41.1. The lowest BCUT2D eigenvalue weighted by Gasteiger charge is -2.27. The van der Waals surface area contributed by atoms with Crippen molar-refractivity contribution in [3.63, 3.8) is 0 Å². The van der Waals surface area contributed by atoms with Gasteiger partial charge in [-0.25, -0.2) is 9.97 Å². The second-order valence-corrected chi connectivity index (χ2v) is 14.5. The normalized spacial score (nSPS) is 14.1. The van der Waals surface area contributed by atoms with Crippen LogP contribution >= 0.6 is 0 Å². The predicted molar refractivity (Wildman–Crippen MR) is 224 cm³/mol. The Morgan fingerprint density at radius 3 is 1.59 bits per heavy atom. The molecule has 2 saturated heterocycles. The maximum absolute atomic E-state index is 12.2. The van der Waals surface area contributed by atoms with E-state index in [-0.39, 0.29) is 5.91 Å². The van der Waals surface area contributed by atoms with Crippen LogP contribution in [-0.4, -0.2) is 89.5 Å². The summed E-state index contributed by atoms with van der Waals surface area (Å²) in [5, 5.41) is 10.3. The van der Waals surface area contributed by atoms with E-state index in [1.54, 1.807) is 12.3 Å². The van der Waals surface area contributed by atoms with Crippen molar-refractivity contribution in [2.45, 2.75) is 27.7 Å². The van der Waals surface area contributed by atoms with E-state index in [9.17, 15) is 4.79 Å². The average molecular weight is 789 g/mol. The van der Waals surface area contributed by atoms with Gasteiger partial charge in [0.15, 0.2) is 0 Å². The molecule has 15 nitrogen and oxygen atoms in total. The van der Waals surface area contributed by atoms with Crippen LogP contribution < -0.4 is 30.3 Å². The SMILES string of the molecule is CC(=O)O.CC(C)(C)C(=O)Nc1cccc(Oc2ccc3ncc(N4CCOCC4)nc3c2)c1.Nc1cccc(Oc2ccc3ncc(N4CCOCC4)nc3c2)c1. The average Bonchev–Trinajstić information content (AvgIpc) is 3.21. The molecule has 4 heterocycles. The van der Waals surface area contributed by atoms with Crippen molar-refractivity contribution in [3.05, 3.63) is 97.3 Å². The fourth-order valence-corrected chi connectivity index (χ4v) is 5.79. The molecule has 0 aliphatic carbocycles. The molecule has 302 valence electrons. The monoisotopic (exact) mass is 788 g/mol. The highest BCUT2D eigenvalue weighted by atomic mass is 16.5. The van der Waals surface area contributed by atoms with Crippen LogP contribution in [0, 0.1) is 5.41 Å². The lowest BCUT2D eigenvalue weighted by molar-refractivity contribution is -0.134. The zero-order valence-electron chi connectivity index (χ0n) is 33.1. The minimum absolute atomic E-state index is 0.0451. The number of nitrogens with one attached hydrogen (secondary N) is 1. The van der Waals surface area contributed by atoms with Crippen molar-refractivity contribution >= 4 is 57.0 Å². The minimum Gasteiger partial charge on any atom is -0.481 e. The van der Waals surface area contributed by atoms with Gasteiger partial charge in [-0.1, -0.05) is 32.9 Å². The molecule has 2 fully saturated rings. The number of carboxylic acids is 1. The highest BCUT2D eigenvalue weighted by Crippen LogP contribution is 2.29. The zero-order valence-corrected chi connectivity index (χ0v) is 33.1. The van der Waals surface area contributed by atoms with Gasteiger partial charge in [-0.15, -0.1) is 0 Å². The van der Waals surface area contributed by atoms with E-state index in [1.807, 2.05) is 106 Å². The van der Waals surface area contributed by atoms with E-state index in [2.05, 4.69) is 25.1 Å². The molecule has 8 rings (SSSR count). The van der Waals surface area contributed by atoms with Gasteiger partial charge in [0, 0.05) is 74.2 Å². The highest BCUT2D eigenvalue weighted by Gasteiger charge is 2.21. The van der Waals surface area contributed by atoms with Crippen LogP contribution in [0.15, 0.2) is 97.3 Å². The molecule has 4 N–H and O–H groups in total. The maximum Gasteiger partial charge on any atom is 0.300 e. The molecular weight excluding hydrogens is 741 g/mol. The van der Waals surface area contributed by atoms with Gasteiger partial charge < -0.3 is 44.9 Å². The predicted octanol–water partition coefficient (Wildman–Crippen LogP) is 7.18. The third-order valence-electron chi connectivity index (χ3n) is 8.77. The summed E-state index contributed by atoms with van der Waals surface area (Å²) >= 11 is 0. The second kappa shape index (κ2) is 19.0. The largest absolute Gasteiger partial charge is 0.481 e. The Morgan fingerprint density at radius 2 is 1.12 bits per heavy atom. The number of hydrogen-bond donors (Lipinski definition) is 3. The molecule has 4 aromatic carbocycles. The number of anilines is 4. The van der Waals surface area contributed by atoms with Crippen molar-refractivity contribution < 1.29 is 33.6 Å². The molecule has 0 radical (unpaired) electrons.